The number of nitrogens with two attached hydrogens (primary N) is 1. The predicted octanol–water partition coefficient (Wildman–Crippen LogP) is 2.11. The molecule has 0 fully saturated rings. The minimum absolute atomic E-state index is 0.507. The van der Waals surface area contributed by atoms with E-state index in [0.29, 0.717) is 5.82 Å². The summed E-state index contributed by atoms with van der Waals surface area (Å²) in [5, 5.41) is 15.8. The number of nitrogen functional groups attached to an aromatic ring is 1. The van der Waals surface area contributed by atoms with Gasteiger partial charge in [-0.25, -0.2) is 0 Å². The Morgan fingerprint density at radius 3 is 2.88 bits per heavy atom. The van der Waals surface area contributed by atoms with Crippen molar-refractivity contribution in [3.05, 3.63) is 29.8 Å². The molecule has 16 heavy (non-hydrogen) atoms. The molecular formula is C10H9N5S. The summed E-state index contributed by atoms with van der Waals surface area (Å²) in [5.41, 5.74) is 8.55. The number of rotatable bonds is 2. The van der Waals surface area contributed by atoms with Gasteiger partial charge in [0.2, 0.25) is 0 Å². The quantitative estimate of drug-likeness (QED) is 0.631. The molecule has 0 aliphatic carbocycles. The van der Waals surface area contributed by atoms with Gasteiger partial charge in [-0.05, 0) is 17.5 Å². The predicted molar refractivity (Wildman–Crippen MR) is 63.9 cm³/mol. The van der Waals surface area contributed by atoms with E-state index in [4.69, 9.17) is 5.73 Å². The van der Waals surface area contributed by atoms with Crippen molar-refractivity contribution in [1.82, 2.24) is 20.4 Å². The van der Waals surface area contributed by atoms with E-state index in [1.54, 1.807) is 17.5 Å². The molecule has 0 spiro atoms. The third-order valence-electron chi connectivity index (χ3n) is 2.33. The normalized spacial score (nSPS) is 10.8. The lowest BCUT2D eigenvalue weighted by Gasteiger charge is -1.98. The fourth-order valence-corrected chi connectivity index (χ4v) is 2.40. The third-order valence-corrected chi connectivity index (χ3v) is 3.22. The summed E-state index contributed by atoms with van der Waals surface area (Å²) in [4.78, 5) is 1.09. The van der Waals surface area contributed by atoms with Crippen LogP contribution in [0.5, 0.6) is 0 Å². The maximum Gasteiger partial charge on any atom is 0.154 e. The molecule has 0 atom stereocenters. The molecule has 0 amide bonds. The van der Waals surface area contributed by atoms with Crippen LogP contribution in [0.3, 0.4) is 0 Å². The molecule has 0 saturated carbocycles. The number of aromatic amines is 2. The molecule has 3 rings (SSSR count). The highest BCUT2D eigenvalue weighted by Gasteiger charge is 2.15. The maximum absolute atomic E-state index is 5.87. The van der Waals surface area contributed by atoms with E-state index >= 15 is 0 Å². The number of thiophene rings is 1. The second-order valence-electron chi connectivity index (χ2n) is 3.31. The monoisotopic (exact) mass is 231 g/mol. The lowest BCUT2D eigenvalue weighted by atomic mass is 10.1. The summed E-state index contributed by atoms with van der Waals surface area (Å²) in [5.74, 6) is 0.507. The molecule has 0 radical (unpaired) electrons. The first-order chi connectivity index (χ1) is 7.86. The highest BCUT2D eigenvalue weighted by Crippen LogP contribution is 2.36. The summed E-state index contributed by atoms with van der Waals surface area (Å²) < 4.78 is 0. The Bertz CT molecular complexity index is 579. The molecule has 0 unspecified atom stereocenters. The average molecular weight is 231 g/mol. The molecular weight excluding hydrogens is 222 g/mol. The van der Waals surface area contributed by atoms with E-state index in [1.165, 1.54) is 0 Å². The SMILES string of the molecule is Nc1n[nH]c(-c2ccn[nH]2)c1-c1cccs1. The molecule has 3 aromatic rings. The van der Waals surface area contributed by atoms with Crippen molar-refractivity contribution in [2.45, 2.75) is 0 Å². The third kappa shape index (κ3) is 1.31. The molecule has 0 aromatic carbocycles. The van der Waals surface area contributed by atoms with Crippen molar-refractivity contribution in [2.24, 2.45) is 0 Å². The van der Waals surface area contributed by atoms with E-state index in [9.17, 15) is 0 Å². The zero-order chi connectivity index (χ0) is 11.0. The summed E-state index contributed by atoms with van der Waals surface area (Å²) >= 11 is 1.63. The Labute approximate surface area is 95.3 Å². The number of nitrogens with one attached hydrogen (secondary N) is 2. The lowest BCUT2D eigenvalue weighted by molar-refractivity contribution is 1.06. The number of H-pyrrole nitrogens is 2. The van der Waals surface area contributed by atoms with Gasteiger partial charge in [-0.2, -0.15) is 10.2 Å². The van der Waals surface area contributed by atoms with Gasteiger partial charge in [0.1, 0.15) is 0 Å². The molecule has 3 aromatic heterocycles. The molecule has 80 valence electrons. The molecule has 4 N–H and O–H groups in total. The maximum atomic E-state index is 5.87. The Morgan fingerprint density at radius 1 is 1.25 bits per heavy atom. The highest BCUT2D eigenvalue weighted by atomic mass is 32.1. The Balaban J connectivity index is 2.21. The number of hydrogen-bond acceptors (Lipinski definition) is 4. The van der Waals surface area contributed by atoms with E-state index in [-0.39, 0.29) is 0 Å². The van der Waals surface area contributed by atoms with Crippen LogP contribution in [0.15, 0.2) is 29.8 Å². The fourth-order valence-electron chi connectivity index (χ4n) is 1.62. The second kappa shape index (κ2) is 3.49. The zero-order valence-corrected chi connectivity index (χ0v) is 9.08. The van der Waals surface area contributed by atoms with Crippen LogP contribution in [0.2, 0.25) is 0 Å². The van der Waals surface area contributed by atoms with Crippen molar-refractivity contribution in [3.8, 4) is 21.8 Å². The number of aromatic nitrogens is 4. The zero-order valence-electron chi connectivity index (χ0n) is 8.27. The van der Waals surface area contributed by atoms with Crippen molar-refractivity contribution in [1.29, 1.82) is 0 Å². The standard InChI is InChI=1S/C10H9N5S/c11-10-8(7-2-1-5-16-7)9(14-15-10)6-3-4-12-13-6/h1-5H,(H,12,13)(H3,11,14,15). The largest absolute Gasteiger partial charge is 0.382 e. The van der Waals surface area contributed by atoms with E-state index in [2.05, 4.69) is 20.4 Å². The van der Waals surface area contributed by atoms with Gasteiger partial charge in [0, 0.05) is 11.1 Å². The van der Waals surface area contributed by atoms with Crippen molar-refractivity contribution >= 4 is 17.2 Å². The van der Waals surface area contributed by atoms with Crippen LogP contribution in [-0.4, -0.2) is 20.4 Å². The molecule has 0 aliphatic heterocycles. The van der Waals surface area contributed by atoms with Crippen molar-refractivity contribution < 1.29 is 0 Å². The van der Waals surface area contributed by atoms with E-state index in [1.807, 2.05) is 23.6 Å². The van der Waals surface area contributed by atoms with Crippen LogP contribution in [0.1, 0.15) is 0 Å². The van der Waals surface area contributed by atoms with Gasteiger partial charge in [-0.15, -0.1) is 11.3 Å². The highest BCUT2D eigenvalue weighted by molar-refractivity contribution is 7.13. The molecule has 6 heteroatoms. The van der Waals surface area contributed by atoms with Gasteiger partial charge in [-0.1, -0.05) is 6.07 Å². The molecule has 0 bridgehead atoms. The summed E-state index contributed by atoms with van der Waals surface area (Å²) in [7, 11) is 0. The molecule has 3 heterocycles. The average Bonchev–Trinajstić information content (AvgIpc) is 2.96. The van der Waals surface area contributed by atoms with E-state index in [0.717, 1.165) is 21.8 Å². The Kier molecular flexibility index (Phi) is 2.00. The van der Waals surface area contributed by atoms with E-state index < -0.39 is 0 Å². The molecule has 5 nitrogen and oxygen atoms in total. The van der Waals surface area contributed by atoms with Crippen LogP contribution in [0, 0.1) is 0 Å². The number of anilines is 1. The minimum atomic E-state index is 0.507. The van der Waals surface area contributed by atoms with Crippen molar-refractivity contribution in [3.63, 3.8) is 0 Å². The van der Waals surface area contributed by atoms with Crippen LogP contribution < -0.4 is 5.73 Å². The van der Waals surface area contributed by atoms with Gasteiger partial charge >= 0.3 is 0 Å². The fraction of sp³-hybridized carbons (Fsp3) is 0. The lowest BCUT2D eigenvalue weighted by Crippen LogP contribution is -1.87. The molecule has 0 aliphatic rings. The molecule has 0 saturated heterocycles. The Hall–Kier alpha value is -2.08. The van der Waals surface area contributed by atoms with Crippen LogP contribution in [-0.2, 0) is 0 Å². The smallest absolute Gasteiger partial charge is 0.154 e. The van der Waals surface area contributed by atoms with Gasteiger partial charge < -0.3 is 5.73 Å². The topological polar surface area (TPSA) is 83.4 Å². The number of hydrogen-bond donors (Lipinski definition) is 3. The first-order valence-electron chi connectivity index (χ1n) is 4.73. The Morgan fingerprint density at radius 2 is 2.19 bits per heavy atom. The minimum Gasteiger partial charge on any atom is -0.382 e. The number of nitrogens with zero attached hydrogens (tertiary/aromatic N) is 2. The summed E-state index contributed by atoms with van der Waals surface area (Å²) in [6.45, 7) is 0. The summed E-state index contributed by atoms with van der Waals surface area (Å²) in [6.07, 6.45) is 1.70. The summed E-state index contributed by atoms with van der Waals surface area (Å²) in [6, 6.07) is 5.89. The van der Waals surface area contributed by atoms with Gasteiger partial charge in [0.05, 0.1) is 17.0 Å². The first-order valence-corrected chi connectivity index (χ1v) is 5.61. The first kappa shape index (κ1) is 9.17. The van der Waals surface area contributed by atoms with Crippen LogP contribution in [0.4, 0.5) is 5.82 Å². The van der Waals surface area contributed by atoms with Crippen molar-refractivity contribution in [2.75, 3.05) is 5.73 Å². The van der Waals surface area contributed by atoms with Gasteiger partial charge in [-0.3, -0.25) is 10.2 Å². The van der Waals surface area contributed by atoms with Crippen LogP contribution >= 0.6 is 11.3 Å². The second-order valence-corrected chi connectivity index (χ2v) is 4.25. The van der Waals surface area contributed by atoms with Gasteiger partial charge in [0.25, 0.3) is 0 Å². The van der Waals surface area contributed by atoms with Crippen LogP contribution in [0.25, 0.3) is 21.8 Å². The van der Waals surface area contributed by atoms with Gasteiger partial charge in [0.15, 0.2) is 5.82 Å².